The number of amides is 2. The van der Waals surface area contributed by atoms with Crippen LogP contribution in [0.15, 0.2) is 18.2 Å². The van der Waals surface area contributed by atoms with Crippen molar-refractivity contribution in [3.05, 3.63) is 32.4 Å². The second-order valence-corrected chi connectivity index (χ2v) is 6.58. The zero-order valence-electron chi connectivity index (χ0n) is 11.7. The average Bonchev–Trinajstić information content (AvgIpc) is 2.38. The minimum absolute atomic E-state index is 0.0359. The van der Waals surface area contributed by atoms with Gasteiger partial charge in [0.25, 0.3) is 5.91 Å². The Kier molecular flexibility index (Phi) is 6.75. The van der Waals surface area contributed by atoms with E-state index < -0.39 is 0 Å². The Morgan fingerprint density at radius 2 is 2.05 bits per heavy atom. The maximum absolute atomic E-state index is 12.3. The summed E-state index contributed by atoms with van der Waals surface area (Å²) in [7, 11) is 1.61. The van der Waals surface area contributed by atoms with Gasteiger partial charge in [0.1, 0.15) is 0 Å². The van der Waals surface area contributed by atoms with Crippen LogP contribution in [0.3, 0.4) is 0 Å². The van der Waals surface area contributed by atoms with E-state index in [1.807, 2.05) is 13.8 Å². The SMILES string of the molecule is CC(C)CNC(=O)CN(C)C(=O)c1cc(Cl)ccc1I. The molecule has 20 heavy (non-hydrogen) atoms. The summed E-state index contributed by atoms with van der Waals surface area (Å²) in [6, 6.07) is 5.13. The molecule has 0 saturated heterocycles. The minimum Gasteiger partial charge on any atom is -0.354 e. The molecule has 0 aliphatic rings. The highest BCUT2D eigenvalue weighted by Gasteiger charge is 2.17. The smallest absolute Gasteiger partial charge is 0.255 e. The minimum atomic E-state index is -0.211. The van der Waals surface area contributed by atoms with Gasteiger partial charge in [0.15, 0.2) is 0 Å². The van der Waals surface area contributed by atoms with E-state index in [2.05, 4.69) is 27.9 Å². The van der Waals surface area contributed by atoms with Crippen molar-refractivity contribution >= 4 is 46.0 Å². The van der Waals surface area contributed by atoms with Crippen LogP contribution in [0.2, 0.25) is 5.02 Å². The third-order valence-electron chi connectivity index (χ3n) is 2.59. The molecule has 110 valence electrons. The van der Waals surface area contributed by atoms with E-state index in [0.717, 1.165) is 3.57 Å². The molecule has 0 saturated carbocycles. The van der Waals surface area contributed by atoms with Crippen LogP contribution >= 0.6 is 34.2 Å². The fourth-order valence-electron chi connectivity index (χ4n) is 1.53. The molecule has 0 spiro atoms. The maximum Gasteiger partial charge on any atom is 0.255 e. The first kappa shape index (κ1) is 17.2. The molecule has 1 rings (SSSR count). The number of nitrogens with zero attached hydrogens (tertiary/aromatic N) is 1. The first-order valence-corrected chi connectivity index (χ1v) is 7.74. The van der Waals surface area contributed by atoms with Crippen molar-refractivity contribution in [2.45, 2.75) is 13.8 Å². The molecule has 0 aromatic heterocycles. The van der Waals surface area contributed by atoms with E-state index in [0.29, 0.717) is 23.0 Å². The number of rotatable bonds is 5. The molecule has 0 fully saturated rings. The molecule has 6 heteroatoms. The first-order chi connectivity index (χ1) is 9.31. The van der Waals surface area contributed by atoms with Crippen LogP contribution in [-0.2, 0) is 4.79 Å². The summed E-state index contributed by atoms with van der Waals surface area (Å²) in [4.78, 5) is 25.4. The molecular weight excluding hydrogens is 391 g/mol. The van der Waals surface area contributed by atoms with Crippen LogP contribution in [0, 0.1) is 9.49 Å². The third kappa shape index (κ3) is 5.28. The van der Waals surface area contributed by atoms with Gasteiger partial charge in [-0.3, -0.25) is 9.59 Å². The van der Waals surface area contributed by atoms with E-state index in [1.54, 1.807) is 25.2 Å². The number of carbonyl (C=O) groups is 2. The van der Waals surface area contributed by atoms with Crippen molar-refractivity contribution in [1.29, 1.82) is 0 Å². The predicted molar refractivity (Wildman–Crippen MR) is 89.0 cm³/mol. The first-order valence-electron chi connectivity index (χ1n) is 6.28. The van der Waals surface area contributed by atoms with Gasteiger partial charge in [-0.1, -0.05) is 25.4 Å². The largest absolute Gasteiger partial charge is 0.354 e. The summed E-state index contributed by atoms with van der Waals surface area (Å²) in [5.41, 5.74) is 0.511. The van der Waals surface area contributed by atoms with Gasteiger partial charge in [-0.25, -0.2) is 0 Å². The fraction of sp³-hybridized carbons (Fsp3) is 0.429. The molecule has 1 aromatic carbocycles. The Hall–Kier alpha value is -0.820. The average molecular weight is 409 g/mol. The van der Waals surface area contributed by atoms with Crippen molar-refractivity contribution in [3.8, 4) is 0 Å². The number of hydrogen-bond acceptors (Lipinski definition) is 2. The number of hydrogen-bond donors (Lipinski definition) is 1. The standard InChI is InChI=1S/C14H18ClIN2O2/c1-9(2)7-17-13(19)8-18(3)14(20)11-6-10(15)4-5-12(11)16/h4-6,9H,7-8H2,1-3H3,(H,17,19). The highest BCUT2D eigenvalue weighted by Crippen LogP contribution is 2.19. The van der Waals surface area contributed by atoms with Gasteiger partial charge in [0.05, 0.1) is 12.1 Å². The van der Waals surface area contributed by atoms with Crippen LogP contribution in [0.5, 0.6) is 0 Å². The van der Waals surface area contributed by atoms with Crippen molar-refractivity contribution < 1.29 is 9.59 Å². The topological polar surface area (TPSA) is 49.4 Å². The monoisotopic (exact) mass is 408 g/mol. The van der Waals surface area contributed by atoms with Gasteiger partial charge < -0.3 is 10.2 Å². The molecule has 1 N–H and O–H groups in total. The van der Waals surface area contributed by atoms with Gasteiger partial charge in [0.2, 0.25) is 5.91 Å². The molecule has 1 aromatic rings. The zero-order valence-corrected chi connectivity index (χ0v) is 14.7. The molecule has 0 aliphatic carbocycles. The highest BCUT2D eigenvalue weighted by molar-refractivity contribution is 14.1. The predicted octanol–water partition coefficient (Wildman–Crippen LogP) is 2.79. The van der Waals surface area contributed by atoms with Crippen molar-refractivity contribution in [2.75, 3.05) is 20.1 Å². The summed E-state index contributed by atoms with van der Waals surface area (Å²) in [5.74, 6) is 0.0111. The Morgan fingerprint density at radius 3 is 2.65 bits per heavy atom. The number of likely N-dealkylation sites (N-methyl/N-ethyl adjacent to an activating group) is 1. The summed E-state index contributed by atoms with van der Waals surface area (Å²) in [6.07, 6.45) is 0. The quantitative estimate of drug-likeness (QED) is 0.762. The van der Waals surface area contributed by atoms with Crippen molar-refractivity contribution in [1.82, 2.24) is 10.2 Å². The van der Waals surface area contributed by atoms with E-state index >= 15 is 0 Å². The highest BCUT2D eigenvalue weighted by atomic mass is 127. The lowest BCUT2D eigenvalue weighted by molar-refractivity contribution is -0.121. The lowest BCUT2D eigenvalue weighted by atomic mass is 10.2. The number of halogens is 2. The van der Waals surface area contributed by atoms with Crippen LogP contribution in [0.1, 0.15) is 24.2 Å². The number of nitrogens with one attached hydrogen (secondary N) is 1. The molecule has 0 unspecified atom stereocenters. The van der Waals surface area contributed by atoms with Crippen LogP contribution in [0.25, 0.3) is 0 Å². The number of carbonyl (C=O) groups excluding carboxylic acids is 2. The van der Waals surface area contributed by atoms with E-state index in [1.165, 1.54) is 4.90 Å². The Morgan fingerprint density at radius 1 is 1.40 bits per heavy atom. The summed E-state index contributed by atoms with van der Waals surface area (Å²) >= 11 is 7.98. The van der Waals surface area contributed by atoms with Crippen LogP contribution in [0.4, 0.5) is 0 Å². The lowest BCUT2D eigenvalue weighted by Gasteiger charge is -2.18. The maximum atomic E-state index is 12.3. The Balaban J connectivity index is 2.67. The Labute approximate surface area is 138 Å². The molecule has 0 atom stereocenters. The molecule has 0 heterocycles. The van der Waals surface area contributed by atoms with E-state index in [-0.39, 0.29) is 18.4 Å². The van der Waals surface area contributed by atoms with E-state index in [9.17, 15) is 9.59 Å². The summed E-state index contributed by atoms with van der Waals surface area (Å²) in [5, 5.41) is 3.29. The fourth-order valence-corrected chi connectivity index (χ4v) is 2.27. The normalized spacial score (nSPS) is 10.5. The van der Waals surface area contributed by atoms with Gasteiger partial charge >= 0.3 is 0 Å². The summed E-state index contributed by atoms with van der Waals surface area (Å²) < 4.78 is 0.812. The molecule has 0 radical (unpaired) electrons. The second-order valence-electron chi connectivity index (χ2n) is 4.98. The van der Waals surface area contributed by atoms with Crippen LogP contribution in [-0.4, -0.2) is 36.9 Å². The molecule has 0 aliphatic heterocycles. The summed E-state index contributed by atoms with van der Waals surface area (Å²) in [6.45, 7) is 4.68. The van der Waals surface area contributed by atoms with Crippen molar-refractivity contribution in [2.24, 2.45) is 5.92 Å². The number of benzene rings is 1. The molecule has 0 bridgehead atoms. The molecule has 2 amide bonds. The Bertz CT molecular complexity index is 506. The van der Waals surface area contributed by atoms with Gasteiger partial charge in [-0.2, -0.15) is 0 Å². The van der Waals surface area contributed by atoms with Gasteiger partial charge in [-0.15, -0.1) is 0 Å². The van der Waals surface area contributed by atoms with E-state index in [4.69, 9.17) is 11.6 Å². The van der Waals surface area contributed by atoms with Gasteiger partial charge in [-0.05, 0) is 46.7 Å². The second kappa shape index (κ2) is 7.83. The zero-order chi connectivity index (χ0) is 15.3. The molecular formula is C14H18ClIN2O2. The van der Waals surface area contributed by atoms with Crippen molar-refractivity contribution in [3.63, 3.8) is 0 Å². The lowest BCUT2D eigenvalue weighted by Crippen LogP contribution is -2.39. The third-order valence-corrected chi connectivity index (χ3v) is 3.77. The van der Waals surface area contributed by atoms with Gasteiger partial charge in [0, 0.05) is 22.2 Å². The molecule has 4 nitrogen and oxygen atoms in total. The van der Waals surface area contributed by atoms with Crippen LogP contribution < -0.4 is 5.32 Å².